The maximum Gasteiger partial charge on any atom is 0.384 e. The Balaban J connectivity index is 2.00. The van der Waals surface area contributed by atoms with Crippen molar-refractivity contribution in [2.75, 3.05) is 6.61 Å². The van der Waals surface area contributed by atoms with E-state index < -0.39 is 55.5 Å². The van der Waals surface area contributed by atoms with Crippen molar-refractivity contribution in [1.29, 1.82) is 0 Å². The summed E-state index contributed by atoms with van der Waals surface area (Å²) in [6.45, 7) is 0.573. The Morgan fingerprint density at radius 1 is 1.35 bits per heavy atom. The number of nitrogens with one attached hydrogen (secondary N) is 1. The van der Waals surface area contributed by atoms with E-state index in [0.29, 0.717) is 0 Å². The molecule has 0 aliphatic carbocycles. The molecule has 23 heavy (non-hydrogen) atoms. The smallest absolute Gasteiger partial charge is 0.384 e. The number of fused-ring (bicyclic) bond motifs is 1. The summed E-state index contributed by atoms with van der Waals surface area (Å²) < 4.78 is 28.7. The number of aromatic amines is 1. The molecule has 0 spiro atoms. The summed E-state index contributed by atoms with van der Waals surface area (Å²) in [7, 11) is -4.78. The maximum absolute atomic E-state index is 11.9. The van der Waals surface area contributed by atoms with Crippen LogP contribution >= 0.6 is 7.60 Å². The third-order valence-electron chi connectivity index (χ3n) is 3.83. The lowest BCUT2D eigenvalue weighted by molar-refractivity contribution is -0.175. The highest BCUT2D eigenvalue weighted by molar-refractivity contribution is 7.53. The van der Waals surface area contributed by atoms with Crippen molar-refractivity contribution >= 4 is 7.60 Å². The van der Waals surface area contributed by atoms with E-state index in [9.17, 15) is 29.0 Å². The van der Waals surface area contributed by atoms with E-state index in [0.717, 1.165) is 17.6 Å². The summed E-state index contributed by atoms with van der Waals surface area (Å²) in [5, 5.41) is 9.36. The van der Waals surface area contributed by atoms with Crippen LogP contribution < -0.4 is 11.2 Å². The highest BCUT2D eigenvalue weighted by atomic mass is 31.2. The molecule has 0 bridgehead atoms. The van der Waals surface area contributed by atoms with E-state index in [-0.39, 0.29) is 0 Å². The number of hydrogen-bond acceptors (Lipinski definition) is 7. The minimum absolute atomic E-state index is 0.504. The summed E-state index contributed by atoms with van der Waals surface area (Å²) in [5.74, 6) is 0. The molecule has 2 fully saturated rings. The van der Waals surface area contributed by atoms with Gasteiger partial charge in [-0.25, -0.2) is 4.79 Å². The van der Waals surface area contributed by atoms with Crippen LogP contribution in [-0.4, -0.2) is 54.9 Å². The number of ether oxygens (including phenoxy) is 3. The summed E-state index contributed by atoms with van der Waals surface area (Å²) in [6.07, 6.45) is -2.93. The second-order valence-electron chi connectivity index (χ2n) is 5.37. The molecule has 3 heterocycles. The fourth-order valence-corrected chi connectivity index (χ4v) is 3.16. The summed E-state index contributed by atoms with van der Waals surface area (Å²) >= 11 is 0. The Bertz CT molecular complexity index is 769. The fraction of sp³-hybridized carbons (Fsp3) is 0.636. The minimum Gasteiger partial charge on any atom is -0.394 e. The molecular weight excluding hydrogens is 335 g/mol. The molecule has 11 nitrogen and oxygen atoms in total. The van der Waals surface area contributed by atoms with E-state index in [1.807, 2.05) is 4.98 Å². The molecular formula is C11H15N2O9P. The molecule has 0 aromatic carbocycles. The molecule has 2 aliphatic heterocycles. The number of aliphatic hydroxyl groups excluding tert-OH is 1. The Kier molecular flexibility index (Phi) is 3.84. The molecule has 12 heteroatoms. The molecule has 5 atom stereocenters. The van der Waals surface area contributed by atoms with Gasteiger partial charge >= 0.3 is 13.3 Å². The molecule has 1 aromatic rings. The molecule has 0 saturated carbocycles. The Morgan fingerprint density at radius 2 is 2.00 bits per heavy atom. The lowest BCUT2D eigenvalue weighted by Gasteiger charge is -2.27. The van der Waals surface area contributed by atoms with Crippen LogP contribution in [0.1, 0.15) is 13.2 Å². The predicted molar refractivity (Wildman–Crippen MR) is 72.5 cm³/mol. The Labute approximate surface area is 128 Å². The Hall–Kier alpha value is -1.33. The van der Waals surface area contributed by atoms with Gasteiger partial charge in [0.05, 0.1) is 6.61 Å². The molecule has 0 amide bonds. The molecule has 0 radical (unpaired) electrons. The summed E-state index contributed by atoms with van der Waals surface area (Å²) in [6, 6.07) is 1.09. The second-order valence-corrected chi connectivity index (χ2v) is 7.27. The predicted octanol–water partition coefficient (Wildman–Crippen LogP) is -1.94. The van der Waals surface area contributed by atoms with Crippen molar-refractivity contribution in [2.24, 2.45) is 0 Å². The van der Waals surface area contributed by atoms with Crippen molar-refractivity contribution in [3.8, 4) is 0 Å². The first-order chi connectivity index (χ1) is 10.7. The lowest BCUT2D eigenvalue weighted by Crippen LogP contribution is -2.37. The maximum atomic E-state index is 11.9. The van der Waals surface area contributed by atoms with Crippen LogP contribution in [0.4, 0.5) is 0 Å². The van der Waals surface area contributed by atoms with Crippen LogP contribution in [0.25, 0.3) is 0 Å². The highest BCUT2D eigenvalue weighted by Crippen LogP contribution is 2.58. The van der Waals surface area contributed by atoms with Gasteiger partial charge in [-0.05, 0) is 0 Å². The average molecular weight is 350 g/mol. The monoisotopic (exact) mass is 350 g/mol. The van der Waals surface area contributed by atoms with E-state index in [4.69, 9.17) is 14.2 Å². The van der Waals surface area contributed by atoms with Crippen molar-refractivity contribution in [3.05, 3.63) is 33.1 Å². The standard InChI is InChI=1S/C11H15N2O9P/c1-11(23(17,18)19)21-7-5(4-14)20-9(8(7)22-11)13-3-2-6(15)12-10(13)16/h2-3,5,7-9,14H,4H2,1H3,(H,12,15,16)(H2,17,18,19)/t5-,7-,8-,9-,11+/m1/s1. The first-order valence-electron chi connectivity index (χ1n) is 6.65. The first kappa shape index (κ1) is 16.5. The van der Waals surface area contributed by atoms with Gasteiger partial charge in [0.25, 0.3) is 11.1 Å². The lowest BCUT2D eigenvalue weighted by atomic mass is 10.1. The van der Waals surface area contributed by atoms with Crippen LogP contribution in [0, 0.1) is 0 Å². The van der Waals surface area contributed by atoms with Gasteiger partial charge < -0.3 is 29.1 Å². The topological polar surface area (TPSA) is 160 Å². The van der Waals surface area contributed by atoms with Crippen molar-refractivity contribution in [2.45, 2.75) is 37.0 Å². The zero-order valence-electron chi connectivity index (χ0n) is 11.9. The zero-order valence-corrected chi connectivity index (χ0v) is 12.8. The van der Waals surface area contributed by atoms with Crippen molar-refractivity contribution in [3.63, 3.8) is 0 Å². The first-order valence-corrected chi connectivity index (χ1v) is 8.26. The van der Waals surface area contributed by atoms with E-state index in [1.165, 1.54) is 6.20 Å². The van der Waals surface area contributed by atoms with Crippen molar-refractivity contribution < 1.29 is 33.7 Å². The molecule has 1 aromatic heterocycles. The van der Waals surface area contributed by atoms with Crippen LogP contribution in [0.2, 0.25) is 0 Å². The second kappa shape index (κ2) is 5.35. The van der Waals surface area contributed by atoms with Gasteiger partial charge in [-0.1, -0.05) is 0 Å². The van der Waals surface area contributed by atoms with E-state index in [2.05, 4.69) is 0 Å². The number of rotatable bonds is 3. The number of H-pyrrole nitrogens is 1. The summed E-state index contributed by atoms with van der Waals surface area (Å²) in [4.78, 5) is 43.8. The van der Waals surface area contributed by atoms with Gasteiger partial charge in [0.2, 0.25) is 0 Å². The average Bonchev–Trinajstić information content (AvgIpc) is 2.94. The molecule has 3 rings (SSSR count). The molecule has 4 N–H and O–H groups in total. The molecule has 2 saturated heterocycles. The highest BCUT2D eigenvalue weighted by Gasteiger charge is 2.63. The van der Waals surface area contributed by atoms with Gasteiger partial charge in [-0.15, -0.1) is 0 Å². The van der Waals surface area contributed by atoms with Crippen LogP contribution in [0.5, 0.6) is 0 Å². The van der Waals surface area contributed by atoms with E-state index in [1.54, 1.807) is 0 Å². The van der Waals surface area contributed by atoms with Crippen LogP contribution in [0.15, 0.2) is 21.9 Å². The van der Waals surface area contributed by atoms with Gasteiger partial charge in [0, 0.05) is 19.2 Å². The van der Waals surface area contributed by atoms with Gasteiger partial charge in [-0.3, -0.25) is 18.9 Å². The number of aliphatic hydroxyl groups is 1. The number of aromatic nitrogens is 2. The Morgan fingerprint density at radius 3 is 2.57 bits per heavy atom. The zero-order chi connectivity index (χ0) is 17.0. The third-order valence-corrected chi connectivity index (χ3v) is 5.10. The van der Waals surface area contributed by atoms with Crippen LogP contribution in [0.3, 0.4) is 0 Å². The SMILES string of the molecule is C[C@@]1(P(=O)(O)O)O[C@@H]2[C@H](O1)[C@@H](CO)O[C@H]2n1ccc(=O)[nH]c1=O. The van der Waals surface area contributed by atoms with Gasteiger partial charge in [-0.2, -0.15) is 0 Å². The number of hydrogen-bond donors (Lipinski definition) is 4. The number of nitrogens with zero attached hydrogens (tertiary/aromatic N) is 1. The van der Waals surface area contributed by atoms with Crippen molar-refractivity contribution in [1.82, 2.24) is 9.55 Å². The molecule has 2 aliphatic rings. The van der Waals surface area contributed by atoms with Gasteiger partial charge in [0.1, 0.15) is 18.3 Å². The normalized spacial score (nSPS) is 37.0. The quantitative estimate of drug-likeness (QED) is 0.455. The van der Waals surface area contributed by atoms with Gasteiger partial charge in [0.15, 0.2) is 6.23 Å². The fourth-order valence-electron chi connectivity index (χ4n) is 2.64. The van der Waals surface area contributed by atoms with Crippen LogP contribution in [-0.2, 0) is 18.8 Å². The van der Waals surface area contributed by atoms with E-state index >= 15 is 0 Å². The molecule has 128 valence electrons. The largest absolute Gasteiger partial charge is 0.394 e. The minimum atomic E-state index is -4.78. The summed E-state index contributed by atoms with van der Waals surface area (Å²) in [5.41, 5.74) is -3.60. The molecule has 0 unspecified atom stereocenters. The third kappa shape index (κ3) is 2.60.